The van der Waals surface area contributed by atoms with Gasteiger partial charge < -0.3 is 9.84 Å². The highest BCUT2D eigenvalue weighted by atomic mass is 16.5. The molecule has 0 saturated carbocycles. The number of unbranched alkanes of at least 4 members (excludes halogenated alkanes) is 2. The first kappa shape index (κ1) is 16.0. The van der Waals surface area contributed by atoms with Crippen molar-refractivity contribution < 1.29 is 9.84 Å². The molecule has 0 aliphatic heterocycles. The molecular weight excluding hydrogens is 236 g/mol. The minimum Gasteiger partial charge on any atom is -0.494 e. The fourth-order valence-electron chi connectivity index (χ4n) is 2.22. The van der Waals surface area contributed by atoms with Gasteiger partial charge in [-0.1, -0.05) is 52.2 Å². The minimum atomic E-state index is 0.183. The van der Waals surface area contributed by atoms with Crippen LogP contribution in [0.4, 0.5) is 0 Å². The maximum Gasteiger partial charge on any atom is 0.119 e. The van der Waals surface area contributed by atoms with E-state index in [0.29, 0.717) is 13.0 Å². The third-order valence-electron chi connectivity index (χ3n) is 3.61. The molecule has 2 heteroatoms. The summed E-state index contributed by atoms with van der Waals surface area (Å²) in [4.78, 5) is 0. The van der Waals surface area contributed by atoms with Crippen molar-refractivity contribution in [3.8, 4) is 5.75 Å². The SMILES string of the molecule is CCCCCC(C)(C)c1ccc(OCCCO)cc1. The minimum absolute atomic E-state index is 0.183. The van der Waals surface area contributed by atoms with Crippen molar-refractivity contribution in [2.45, 2.75) is 58.3 Å². The second-order valence-electron chi connectivity index (χ2n) is 5.79. The summed E-state index contributed by atoms with van der Waals surface area (Å²) >= 11 is 0. The average molecular weight is 264 g/mol. The Balaban J connectivity index is 2.53. The van der Waals surface area contributed by atoms with Crippen molar-refractivity contribution in [3.63, 3.8) is 0 Å². The lowest BCUT2D eigenvalue weighted by molar-refractivity contribution is 0.233. The zero-order valence-electron chi connectivity index (χ0n) is 12.6. The van der Waals surface area contributed by atoms with E-state index in [9.17, 15) is 0 Å². The number of aliphatic hydroxyl groups excluding tert-OH is 1. The van der Waals surface area contributed by atoms with Crippen molar-refractivity contribution >= 4 is 0 Å². The van der Waals surface area contributed by atoms with Gasteiger partial charge in [0.25, 0.3) is 0 Å². The van der Waals surface area contributed by atoms with Crippen LogP contribution >= 0.6 is 0 Å². The summed E-state index contributed by atoms with van der Waals surface area (Å²) in [7, 11) is 0. The summed E-state index contributed by atoms with van der Waals surface area (Å²) in [6.45, 7) is 7.62. The van der Waals surface area contributed by atoms with E-state index in [1.54, 1.807) is 0 Å². The summed E-state index contributed by atoms with van der Waals surface area (Å²) in [5.74, 6) is 0.890. The van der Waals surface area contributed by atoms with Crippen LogP contribution in [-0.4, -0.2) is 18.3 Å². The van der Waals surface area contributed by atoms with Crippen LogP contribution < -0.4 is 4.74 Å². The largest absolute Gasteiger partial charge is 0.494 e. The standard InChI is InChI=1S/C17H28O2/c1-4-5-6-12-17(2,3)15-8-10-16(11-9-15)19-14-7-13-18/h8-11,18H,4-7,12-14H2,1-3H3. The number of hydrogen-bond acceptors (Lipinski definition) is 2. The molecule has 2 nitrogen and oxygen atoms in total. The van der Waals surface area contributed by atoms with Gasteiger partial charge in [-0.15, -0.1) is 0 Å². The Morgan fingerprint density at radius 3 is 2.32 bits per heavy atom. The smallest absolute Gasteiger partial charge is 0.119 e. The Hall–Kier alpha value is -1.02. The van der Waals surface area contributed by atoms with E-state index >= 15 is 0 Å². The first-order valence-electron chi connectivity index (χ1n) is 7.44. The molecule has 108 valence electrons. The third-order valence-corrected chi connectivity index (χ3v) is 3.61. The Morgan fingerprint density at radius 1 is 1.05 bits per heavy atom. The van der Waals surface area contributed by atoms with Crippen LogP contribution in [0.15, 0.2) is 24.3 Å². The molecule has 1 N–H and O–H groups in total. The van der Waals surface area contributed by atoms with Crippen LogP contribution in [0, 0.1) is 0 Å². The molecule has 0 unspecified atom stereocenters. The fourth-order valence-corrected chi connectivity index (χ4v) is 2.22. The first-order valence-corrected chi connectivity index (χ1v) is 7.44. The molecule has 1 rings (SSSR count). The van der Waals surface area contributed by atoms with Crippen molar-refractivity contribution in [2.24, 2.45) is 0 Å². The van der Waals surface area contributed by atoms with Gasteiger partial charge in [0.1, 0.15) is 5.75 Å². The zero-order valence-corrected chi connectivity index (χ0v) is 12.6. The third kappa shape index (κ3) is 5.65. The van der Waals surface area contributed by atoms with Crippen molar-refractivity contribution in [3.05, 3.63) is 29.8 Å². The Morgan fingerprint density at radius 2 is 1.74 bits per heavy atom. The van der Waals surface area contributed by atoms with Gasteiger partial charge in [0.15, 0.2) is 0 Å². The Labute approximate surface area is 117 Å². The highest BCUT2D eigenvalue weighted by Crippen LogP contribution is 2.30. The van der Waals surface area contributed by atoms with Crippen LogP contribution in [0.3, 0.4) is 0 Å². The quantitative estimate of drug-likeness (QED) is 0.674. The molecule has 0 aromatic heterocycles. The highest BCUT2D eigenvalue weighted by molar-refractivity contribution is 5.31. The summed E-state index contributed by atoms with van der Waals surface area (Å²) < 4.78 is 5.55. The van der Waals surface area contributed by atoms with Crippen LogP contribution in [-0.2, 0) is 5.41 Å². The summed E-state index contributed by atoms with van der Waals surface area (Å²) in [5.41, 5.74) is 1.61. The van der Waals surface area contributed by atoms with Gasteiger partial charge in [-0.05, 0) is 29.5 Å². The predicted molar refractivity (Wildman–Crippen MR) is 80.8 cm³/mol. The van der Waals surface area contributed by atoms with E-state index in [4.69, 9.17) is 9.84 Å². The van der Waals surface area contributed by atoms with Gasteiger partial charge in [0.2, 0.25) is 0 Å². The molecule has 0 bridgehead atoms. The molecule has 0 radical (unpaired) electrons. The summed E-state index contributed by atoms with van der Waals surface area (Å²) in [6.07, 6.45) is 5.79. The Kier molecular flexibility index (Phi) is 6.93. The van der Waals surface area contributed by atoms with Crippen LogP contribution in [0.25, 0.3) is 0 Å². The van der Waals surface area contributed by atoms with E-state index in [1.807, 2.05) is 12.1 Å². The lowest BCUT2D eigenvalue weighted by Crippen LogP contribution is -2.16. The number of rotatable bonds is 9. The normalized spacial score (nSPS) is 11.6. The van der Waals surface area contributed by atoms with Gasteiger partial charge >= 0.3 is 0 Å². The Bertz CT molecular complexity index is 341. The number of hydrogen-bond donors (Lipinski definition) is 1. The summed E-state index contributed by atoms with van der Waals surface area (Å²) in [6, 6.07) is 8.41. The number of aliphatic hydroxyl groups is 1. The zero-order chi connectivity index (χ0) is 14.1. The van der Waals surface area contributed by atoms with Crippen LogP contribution in [0.5, 0.6) is 5.75 Å². The first-order chi connectivity index (χ1) is 9.10. The van der Waals surface area contributed by atoms with Gasteiger partial charge in [-0.2, -0.15) is 0 Å². The lowest BCUT2D eigenvalue weighted by atomic mass is 9.80. The van der Waals surface area contributed by atoms with Crippen molar-refractivity contribution in [1.29, 1.82) is 0 Å². The number of ether oxygens (including phenoxy) is 1. The monoisotopic (exact) mass is 264 g/mol. The van der Waals surface area contributed by atoms with Gasteiger partial charge in [0.05, 0.1) is 6.61 Å². The molecule has 0 spiro atoms. The van der Waals surface area contributed by atoms with E-state index < -0.39 is 0 Å². The van der Waals surface area contributed by atoms with Gasteiger partial charge in [0, 0.05) is 13.0 Å². The van der Waals surface area contributed by atoms with Crippen molar-refractivity contribution in [2.75, 3.05) is 13.2 Å². The maximum atomic E-state index is 8.72. The molecule has 0 saturated heterocycles. The molecule has 1 aromatic rings. The predicted octanol–water partition coefficient (Wildman–Crippen LogP) is 4.31. The second kappa shape index (κ2) is 8.21. The lowest BCUT2D eigenvalue weighted by Gasteiger charge is -2.25. The fraction of sp³-hybridized carbons (Fsp3) is 0.647. The van der Waals surface area contributed by atoms with Crippen LogP contribution in [0.1, 0.15) is 58.4 Å². The second-order valence-corrected chi connectivity index (χ2v) is 5.79. The molecule has 0 fully saturated rings. The molecular formula is C17H28O2. The molecule has 0 atom stereocenters. The summed E-state index contributed by atoms with van der Waals surface area (Å²) in [5, 5.41) is 8.72. The van der Waals surface area contributed by atoms with Crippen molar-refractivity contribution in [1.82, 2.24) is 0 Å². The number of benzene rings is 1. The molecule has 1 aromatic carbocycles. The average Bonchev–Trinajstić information content (AvgIpc) is 2.40. The highest BCUT2D eigenvalue weighted by Gasteiger charge is 2.19. The van der Waals surface area contributed by atoms with E-state index in [2.05, 4.69) is 32.9 Å². The van der Waals surface area contributed by atoms with Gasteiger partial charge in [-0.25, -0.2) is 0 Å². The molecule has 19 heavy (non-hydrogen) atoms. The van der Waals surface area contributed by atoms with Crippen LogP contribution in [0.2, 0.25) is 0 Å². The van der Waals surface area contributed by atoms with Gasteiger partial charge in [-0.3, -0.25) is 0 Å². The molecule has 0 heterocycles. The van der Waals surface area contributed by atoms with E-state index in [1.165, 1.54) is 31.2 Å². The molecule has 0 amide bonds. The maximum absolute atomic E-state index is 8.72. The van der Waals surface area contributed by atoms with E-state index in [0.717, 1.165) is 5.75 Å². The topological polar surface area (TPSA) is 29.5 Å². The van der Waals surface area contributed by atoms with E-state index in [-0.39, 0.29) is 12.0 Å². The molecule has 0 aliphatic rings. The molecule has 0 aliphatic carbocycles.